The molecule has 6 nitrogen and oxygen atoms in total. The molecule has 0 amide bonds. The van der Waals surface area contributed by atoms with Gasteiger partial charge in [-0.1, -0.05) is 12.1 Å². The molecular formula is C23H35IN4O2S. The van der Waals surface area contributed by atoms with E-state index in [9.17, 15) is 0 Å². The summed E-state index contributed by atoms with van der Waals surface area (Å²) in [7, 11) is 1.82. The first kappa shape index (κ1) is 25.9. The van der Waals surface area contributed by atoms with Crippen molar-refractivity contribution in [3.05, 3.63) is 45.4 Å². The minimum atomic E-state index is 0. The molecule has 0 saturated carbocycles. The number of aromatic nitrogens is 1. The van der Waals surface area contributed by atoms with E-state index in [4.69, 9.17) is 9.47 Å². The molecule has 0 bridgehead atoms. The Labute approximate surface area is 207 Å². The van der Waals surface area contributed by atoms with Crippen LogP contribution >= 0.6 is 35.3 Å². The van der Waals surface area contributed by atoms with Gasteiger partial charge >= 0.3 is 0 Å². The second-order valence-electron chi connectivity index (χ2n) is 7.70. The topological polar surface area (TPSA) is 67.8 Å². The van der Waals surface area contributed by atoms with E-state index >= 15 is 0 Å². The van der Waals surface area contributed by atoms with Crippen LogP contribution in [0.1, 0.15) is 40.9 Å². The van der Waals surface area contributed by atoms with E-state index in [1.165, 1.54) is 15.4 Å². The number of nitrogens with one attached hydrogen (secondary N) is 2. The van der Waals surface area contributed by atoms with Gasteiger partial charge in [-0.25, -0.2) is 4.98 Å². The lowest BCUT2D eigenvalue weighted by atomic mass is 9.74. The van der Waals surface area contributed by atoms with Crippen molar-refractivity contribution < 1.29 is 9.47 Å². The van der Waals surface area contributed by atoms with Crippen molar-refractivity contribution in [2.45, 2.75) is 45.4 Å². The summed E-state index contributed by atoms with van der Waals surface area (Å²) in [6.45, 7) is 10.1. The monoisotopic (exact) mass is 558 g/mol. The number of hydrogen-bond acceptors (Lipinski definition) is 5. The van der Waals surface area contributed by atoms with Crippen molar-refractivity contribution in [1.82, 2.24) is 15.6 Å². The molecule has 0 aliphatic carbocycles. The zero-order chi connectivity index (χ0) is 21.4. The van der Waals surface area contributed by atoms with Crippen molar-refractivity contribution in [1.29, 1.82) is 0 Å². The van der Waals surface area contributed by atoms with Crippen molar-refractivity contribution in [3.63, 3.8) is 0 Å². The van der Waals surface area contributed by atoms with E-state index in [0.717, 1.165) is 63.0 Å². The predicted molar refractivity (Wildman–Crippen MR) is 139 cm³/mol. The summed E-state index contributed by atoms with van der Waals surface area (Å²) in [5.74, 6) is 1.75. The SMILES string of the molecule is CCOc1ccc(C2(CNC(=NC)NCCc3nc(C)c(C)s3)CCOCC2)cc1.I. The summed E-state index contributed by atoms with van der Waals surface area (Å²) >= 11 is 1.78. The van der Waals surface area contributed by atoms with Crippen molar-refractivity contribution in [2.75, 3.05) is 40.0 Å². The van der Waals surface area contributed by atoms with Crippen LogP contribution < -0.4 is 15.4 Å². The highest BCUT2D eigenvalue weighted by Gasteiger charge is 2.34. The van der Waals surface area contributed by atoms with E-state index < -0.39 is 0 Å². The molecule has 172 valence electrons. The van der Waals surface area contributed by atoms with Gasteiger partial charge in [-0.05, 0) is 51.3 Å². The summed E-state index contributed by atoms with van der Waals surface area (Å²) in [6.07, 6.45) is 2.88. The molecule has 1 aliphatic rings. The Morgan fingerprint density at radius 1 is 1.19 bits per heavy atom. The van der Waals surface area contributed by atoms with Crippen molar-refractivity contribution >= 4 is 41.3 Å². The van der Waals surface area contributed by atoms with E-state index in [-0.39, 0.29) is 29.4 Å². The first-order valence-electron chi connectivity index (χ1n) is 10.7. The fraction of sp³-hybridized carbons (Fsp3) is 0.565. The number of hydrogen-bond donors (Lipinski definition) is 2. The Morgan fingerprint density at radius 2 is 1.90 bits per heavy atom. The lowest BCUT2D eigenvalue weighted by Gasteiger charge is -2.38. The summed E-state index contributed by atoms with van der Waals surface area (Å²) in [5.41, 5.74) is 2.49. The zero-order valence-corrected chi connectivity index (χ0v) is 22.1. The smallest absolute Gasteiger partial charge is 0.191 e. The van der Waals surface area contributed by atoms with E-state index in [2.05, 4.69) is 58.7 Å². The molecule has 0 unspecified atom stereocenters. The number of nitrogens with zero attached hydrogens (tertiary/aromatic N) is 2. The highest BCUT2D eigenvalue weighted by Crippen LogP contribution is 2.35. The first-order chi connectivity index (χ1) is 14.6. The van der Waals surface area contributed by atoms with Gasteiger partial charge in [-0.2, -0.15) is 0 Å². The van der Waals surface area contributed by atoms with Gasteiger partial charge in [0.1, 0.15) is 5.75 Å². The lowest BCUT2D eigenvalue weighted by molar-refractivity contribution is 0.0513. The second kappa shape index (κ2) is 12.6. The van der Waals surface area contributed by atoms with Crippen LogP contribution in [0.3, 0.4) is 0 Å². The number of aliphatic imine (C=N–C) groups is 1. The average Bonchev–Trinajstić information content (AvgIpc) is 3.09. The lowest BCUT2D eigenvalue weighted by Crippen LogP contribution is -2.48. The largest absolute Gasteiger partial charge is 0.494 e. The molecule has 1 aliphatic heterocycles. The molecule has 1 aromatic heterocycles. The minimum absolute atomic E-state index is 0. The molecule has 1 aromatic carbocycles. The van der Waals surface area contributed by atoms with Crippen LogP contribution in [0.5, 0.6) is 5.75 Å². The van der Waals surface area contributed by atoms with Crippen LogP contribution in [0.25, 0.3) is 0 Å². The summed E-state index contributed by atoms with van der Waals surface area (Å²) in [4.78, 5) is 10.3. The molecule has 0 radical (unpaired) electrons. The third-order valence-electron chi connectivity index (χ3n) is 5.75. The molecule has 3 rings (SSSR count). The molecule has 0 atom stereocenters. The number of aryl methyl sites for hydroxylation is 2. The van der Waals surface area contributed by atoms with Crippen molar-refractivity contribution in [3.8, 4) is 5.75 Å². The Bertz CT molecular complexity index is 813. The summed E-state index contributed by atoms with van der Waals surface area (Å²) < 4.78 is 11.3. The Kier molecular flexibility index (Phi) is 10.5. The van der Waals surface area contributed by atoms with Gasteiger partial charge in [-0.3, -0.25) is 4.99 Å². The number of benzene rings is 1. The Hall–Kier alpha value is -1.39. The molecule has 2 N–H and O–H groups in total. The Morgan fingerprint density at radius 3 is 2.48 bits per heavy atom. The molecule has 2 heterocycles. The number of guanidine groups is 1. The molecular weight excluding hydrogens is 523 g/mol. The minimum Gasteiger partial charge on any atom is -0.494 e. The number of rotatable bonds is 8. The van der Waals surface area contributed by atoms with Gasteiger partial charge in [0, 0.05) is 50.1 Å². The second-order valence-corrected chi connectivity index (χ2v) is 8.99. The van der Waals surface area contributed by atoms with E-state index in [0.29, 0.717) is 6.61 Å². The fourth-order valence-electron chi connectivity index (χ4n) is 3.81. The van der Waals surface area contributed by atoms with Gasteiger partial charge in [0.25, 0.3) is 0 Å². The van der Waals surface area contributed by atoms with Crippen molar-refractivity contribution in [2.24, 2.45) is 4.99 Å². The van der Waals surface area contributed by atoms with E-state index in [1.807, 2.05) is 14.0 Å². The Balaban J connectivity index is 0.00000341. The highest BCUT2D eigenvalue weighted by atomic mass is 127. The summed E-state index contributed by atoms with van der Waals surface area (Å²) in [5, 5.41) is 8.16. The molecule has 31 heavy (non-hydrogen) atoms. The third kappa shape index (κ3) is 7.05. The third-order valence-corrected chi connectivity index (χ3v) is 6.88. The van der Waals surface area contributed by atoms with Gasteiger partial charge in [-0.15, -0.1) is 35.3 Å². The van der Waals surface area contributed by atoms with Gasteiger partial charge in [0.15, 0.2) is 5.96 Å². The number of halogens is 1. The number of thiazole rings is 1. The molecule has 0 spiro atoms. The highest BCUT2D eigenvalue weighted by molar-refractivity contribution is 14.0. The quantitative estimate of drug-likeness (QED) is 0.289. The van der Waals surface area contributed by atoms with Crippen LogP contribution in [0.4, 0.5) is 0 Å². The van der Waals surface area contributed by atoms with Crippen LogP contribution in [0.2, 0.25) is 0 Å². The van der Waals surface area contributed by atoms with Gasteiger partial charge < -0.3 is 20.1 Å². The molecule has 2 aromatic rings. The van der Waals surface area contributed by atoms with Crippen LogP contribution in [0, 0.1) is 13.8 Å². The van der Waals surface area contributed by atoms with Crippen LogP contribution in [-0.2, 0) is 16.6 Å². The first-order valence-corrected chi connectivity index (χ1v) is 11.6. The molecule has 8 heteroatoms. The van der Waals surface area contributed by atoms with E-state index in [1.54, 1.807) is 11.3 Å². The van der Waals surface area contributed by atoms with Gasteiger partial charge in [0.2, 0.25) is 0 Å². The maximum Gasteiger partial charge on any atom is 0.191 e. The molecule has 1 saturated heterocycles. The van der Waals surface area contributed by atoms with Crippen LogP contribution in [0.15, 0.2) is 29.3 Å². The summed E-state index contributed by atoms with van der Waals surface area (Å²) in [6, 6.07) is 8.53. The number of ether oxygens (including phenoxy) is 2. The predicted octanol–water partition coefficient (Wildman–Crippen LogP) is 4.23. The maximum absolute atomic E-state index is 5.66. The van der Waals surface area contributed by atoms with Crippen LogP contribution in [-0.4, -0.2) is 50.9 Å². The van der Waals surface area contributed by atoms with Gasteiger partial charge in [0.05, 0.1) is 17.3 Å². The normalized spacial score (nSPS) is 15.8. The fourth-order valence-corrected chi connectivity index (χ4v) is 4.74. The molecule has 1 fully saturated rings. The zero-order valence-electron chi connectivity index (χ0n) is 19.0. The standard InChI is InChI=1S/C23H34N4O2S.HI/c1-5-29-20-8-6-19(7-9-20)23(11-14-28-15-12-23)16-26-22(24-4)25-13-10-21-27-17(2)18(3)30-21;/h6-9H,5,10-16H2,1-4H3,(H2,24,25,26);1H. The maximum atomic E-state index is 5.66. The average molecular weight is 559 g/mol.